The van der Waals surface area contributed by atoms with Crippen molar-refractivity contribution in [3.8, 4) is 11.5 Å². The lowest BCUT2D eigenvalue weighted by atomic mass is 10.1. The number of carbonyl (C=O) groups is 1. The molecule has 0 spiro atoms. The molecule has 0 saturated carbocycles. The van der Waals surface area contributed by atoms with Crippen molar-refractivity contribution in [2.45, 2.75) is 13.0 Å². The highest BCUT2D eigenvalue weighted by Gasteiger charge is 2.08. The summed E-state index contributed by atoms with van der Waals surface area (Å²) in [6, 6.07) is 5.43. The first kappa shape index (κ1) is 13.9. The lowest BCUT2D eigenvalue weighted by molar-refractivity contribution is -0.120. The van der Waals surface area contributed by atoms with Gasteiger partial charge in [0.05, 0.1) is 39.2 Å². The summed E-state index contributed by atoms with van der Waals surface area (Å²) in [5.74, 6) is 1.20. The number of methoxy groups -OCH3 is 2. The van der Waals surface area contributed by atoms with Crippen LogP contribution in [0.4, 0.5) is 0 Å². The molecule has 1 aromatic carbocycles. The smallest absolute Gasteiger partial charge is 0.224 e. The summed E-state index contributed by atoms with van der Waals surface area (Å²) in [5, 5.41) is 2.82. The van der Waals surface area contributed by atoms with Crippen LogP contribution in [0.2, 0.25) is 0 Å². The van der Waals surface area contributed by atoms with E-state index in [9.17, 15) is 4.79 Å². The second kappa shape index (κ2) is 6.60. The highest BCUT2D eigenvalue weighted by Crippen LogP contribution is 2.27. The van der Waals surface area contributed by atoms with Gasteiger partial charge in [0.25, 0.3) is 0 Å². The zero-order chi connectivity index (χ0) is 14.4. The second-order valence-electron chi connectivity index (χ2n) is 4.22. The molecule has 6 heteroatoms. The number of hydrogen-bond donors (Lipinski definition) is 2. The Kier molecular flexibility index (Phi) is 4.60. The largest absolute Gasteiger partial charge is 0.493 e. The number of nitrogens with one attached hydrogen (secondary N) is 2. The number of amides is 1. The molecular weight excluding hydrogens is 258 g/mol. The fourth-order valence-corrected chi connectivity index (χ4v) is 1.81. The first-order chi connectivity index (χ1) is 9.72. The van der Waals surface area contributed by atoms with E-state index in [1.807, 2.05) is 6.07 Å². The van der Waals surface area contributed by atoms with Gasteiger partial charge in [0.2, 0.25) is 5.91 Å². The van der Waals surface area contributed by atoms with E-state index in [0.29, 0.717) is 18.0 Å². The van der Waals surface area contributed by atoms with Crippen molar-refractivity contribution in [2.75, 3.05) is 14.2 Å². The summed E-state index contributed by atoms with van der Waals surface area (Å²) in [7, 11) is 3.15. The quantitative estimate of drug-likeness (QED) is 0.832. The maximum absolute atomic E-state index is 11.8. The van der Waals surface area contributed by atoms with Gasteiger partial charge < -0.3 is 19.8 Å². The highest BCUT2D eigenvalue weighted by atomic mass is 16.5. The highest BCUT2D eigenvalue weighted by molar-refractivity contribution is 5.78. The van der Waals surface area contributed by atoms with Crippen LogP contribution in [0.5, 0.6) is 11.5 Å². The molecule has 0 aliphatic carbocycles. The third-order valence-corrected chi connectivity index (χ3v) is 2.84. The maximum Gasteiger partial charge on any atom is 0.224 e. The van der Waals surface area contributed by atoms with Crippen LogP contribution in [0.1, 0.15) is 11.3 Å². The SMILES string of the molecule is COc1ccc(CC(=O)NCc2cnc[nH]2)cc1OC. The topological polar surface area (TPSA) is 76.2 Å². The minimum Gasteiger partial charge on any atom is -0.493 e. The molecule has 0 radical (unpaired) electrons. The molecule has 0 aliphatic rings. The molecule has 2 aromatic rings. The van der Waals surface area contributed by atoms with Crippen LogP contribution >= 0.6 is 0 Å². The second-order valence-corrected chi connectivity index (χ2v) is 4.22. The van der Waals surface area contributed by atoms with Gasteiger partial charge in [0.15, 0.2) is 11.5 Å². The van der Waals surface area contributed by atoms with Gasteiger partial charge in [-0.15, -0.1) is 0 Å². The van der Waals surface area contributed by atoms with E-state index < -0.39 is 0 Å². The van der Waals surface area contributed by atoms with Gasteiger partial charge in [0.1, 0.15) is 0 Å². The summed E-state index contributed by atoms with van der Waals surface area (Å²) in [6.07, 6.45) is 3.54. The van der Waals surface area contributed by atoms with Gasteiger partial charge in [-0.1, -0.05) is 6.07 Å². The number of hydrogen-bond acceptors (Lipinski definition) is 4. The summed E-state index contributed by atoms with van der Waals surface area (Å²) in [4.78, 5) is 18.7. The average Bonchev–Trinajstić information content (AvgIpc) is 2.98. The Bertz CT molecular complexity index is 567. The van der Waals surface area contributed by atoms with Crippen LogP contribution < -0.4 is 14.8 Å². The molecule has 0 atom stereocenters. The van der Waals surface area contributed by atoms with Crippen LogP contribution in [0.15, 0.2) is 30.7 Å². The molecule has 20 heavy (non-hydrogen) atoms. The molecular formula is C14H17N3O3. The number of nitrogens with zero attached hydrogens (tertiary/aromatic N) is 1. The summed E-state index contributed by atoms with van der Waals surface area (Å²) >= 11 is 0. The number of carbonyl (C=O) groups excluding carboxylic acids is 1. The molecule has 1 amide bonds. The van der Waals surface area contributed by atoms with E-state index in [1.165, 1.54) is 0 Å². The molecule has 1 aromatic heterocycles. The van der Waals surface area contributed by atoms with Gasteiger partial charge >= 0.3 is 0 Å². The molecule has 0 saturated heterocycles. The summed E-state index contributed by atoms with van der Waals surface area (Å²) in [6.45, 7) is 0.437. The van der Waals surface area contributed by atoms with Crippen molar-refractivity contribution < 1.29 is 14.3 Å². The van der Waals surface area contributed by atoms with Gasteiger partial charge in [-0.25, -0.2) is 4.98 Å². The number of aromatic nitrogens is 2. The fourth-order valence-electron chi connectivity index (χ4n) is 1.81. The normalized spacial score (nSPS) is 10.1. The van der Waals surface area contributed by atoms with E-state index in [4.69, 9.17) is 9.47 Å². The first-order valence-corrected chi connectivity index (χ1v) is 6.17. The third-order valence-electron chi connectivity index (χ3n) is 2.84. The third kappa shape index (κ3) is 3.50. The molecule has 2 rings (SSSR count). The predicted octanol–water partition coefficient (Wildman–Crippen LogP) is 1.29. The molecule has 6 nitrogen and oxygen atoms in total. The van der Waals surface area contributed by atoms with E-state index in [1.54, 1.807) is 38.9 Å². The Morgan fingerprint density at radius 1 is 1.30 bits per heavy atom. The number of ether oxygens (including phenoxy) is 2. The van der Waals surface area contributed by atoms with E-state index >= 15 is 0 Å². The van der Waals surface area contributed by atoms with Crippen molar-refractivity contribution >= 4 is 5.91 Å². The van der Waals surface area contributed by atoms with Gasteiger partial charge in [-0.3, -0.25) is 4.79 Å². The zero-order valence-corrected chi connectivity index (χ0v) is 11.5. The summed E-state index contributed by atoms with van der Waals surface area (Å²) in [5.41, 5.74) is 1.73. The molecule has 0 bridgehead atoms. The fraction of sp³-hybridized carbons (Fsp3) is 0.286. The van der Waals surface area contributed by atoms with E-state index in [2.05, 4.69) is 15.3 Å². The minimum atomic E-state index is -0.0631. The molecule has 2 N–H and O–H groups in total. The van der Waals surface area contributed by atoms with Gasteiger partial charge in [0, 0.05) is 6.20 Å². The monoisotopic (exact) mass is 275 g/mol. The number of benzene rings is 1. The molecule has 0 aliphatic heterocycles. The van der Waals surface area contributed by atoms with Crippen molar-refractivity contribution in [2.24, 2.45) is 0 Å². The number of H-pyrrole nitrogens is 1. The van der Waals surface area contributed by atoms with E-state index in [0.717, 1.165) is 11.3 Å². The average molecular weight is 275 g/mol. The molecule has 0 fully saturated rings. The predicted molar refractivity (Wildman–Crippen MR) is 73.7 cm³/mol. The Morgan fingerprint density at radius 2 is 2.10 bits per heavy atom. The zero-order valence-electron chi connectivity index (χ0n) is 11.5. The maximum atomic E-state index is 11.8. The van der Waals surface area contributed by atoms with Crippen LogP contribution in [-0.2, 0) is 17.8 Å². The van der Waals surface area contributed by atoms with Crippen LogP contribution in [0.25, 0.3) is 0 Å². The van der Waals surface area contributed by atoms with E-state index in [-0.39, 0.29) is 12.3 Å². The molecule has 0 unspecified atom stereocenters. The first-order valence-electron chi connectivity index (χ1n) is 6.17. The minimum absolute atomic E-state index is 0.0631. The Balaban J connectivity index is 1.93. The van der Waals surface area contributed by atoms with Crippen molar-refractivity contribution in [3.05, 3.63) is 42.0 Å². The Hall–Kier alpha value is -2.50. The van der Waals surface area contributed by atoms with Crippen LogP contribution in [0, 0.1) is 0 Å². The number of rotatable bonds is 6. The number of aromatic amines is 1. The summed E-state index contributed by atoms with van der Waals surface area (Å²) < 4.78 is 10.4. The van der Waals surface area contributed by atoms with Crippen LogP contribution in [-0.4, -0.2) is 30.1 Å². The van der Waals surface area contributed by atoms with Crippen molar-refractivity contribution in [1.29, 1.82) is 0 Å². The van der Waals surface area contributed by atoms with Crippen molar-refractivity contribution in [3.63, 3.8) is 0 Å². The molecule has 1 heterocycles. The molecule has 106 valence electrons. The lowest BCUT2D eigenvalue weighted by Gasteiger charge is -2.09. The Labute approximate surface area is 117 Å². The van der Waals surface area contributed by atoms with Gasteiger partial charge in [-0.05, 0) is 17.7 Å². The van der Waals surface area contributed by atoms with Crippen molar-refractivity contribution in [1.82, 2.24) is 15.3 Å². The standard InChI is InChI=1S/C14H17N3O3/c1-19-12-4-3-10(5-13(12)20-2)6-14(18)16-8-11-7-15-9-17-11/h3-5,7,9H,6,8H2,1-2H3,(H,15,17)(H,16,18). The van der Waals surface area contributed by atoms with Crippen LogP contribution in [0.3, 0.4) is 0 Å². The van der Waals surface area contributed by atoms with Gasteiger partial charge in [-0.2, -0.15) is 0 Å². The Morgan fingerprint density at radius 3 is 2.75 bits per heavy atom. The lowest BCUT2D eigenvalue weighted by Crippen LogP contribution is -2.24. The number of imidazole rings is 1.